The largest absolute Gasteiger partial charge is 0.351 e. The van der Waals surface area contributed by atoms with Gasteiger partial charge in [0.1, 0.15) is 0 Å². The number of aromatic nitrogens is 2. The maximum absolute atomic E-state index is 12.6. The molecular weight excluding hydrogens is 384 g/mol. The summed E-state index contributed by atoms with van der Waals surface area (Å²) in [4.78, 5) is 15.1. The van der Waals surface area contributed by atoms with Crippen LogP contribution in [-0.2, 0) is 4.79 Å². The molecule has 1 N–H and O–H groups in total. The molecular formula is C26H30N4O. The van der Waals surface area contributed by atoms with E-state index in [2.05, 4.69) is 39.6 Å². The topological polar surface area (TPSA) is 50.2 Å². The summed E-state index contributed by atoms with van der Waals surface area (Å²) in [7, 11) is 0. The fourth-order valence-electron chi connectivity index (χ4n) is 4.32. The predicted octanol–water partition coefficient (Wildman–Crippen LogP) is 4.46. The van der Waals surface area contributed by atoms with Crippen LogP contribution in [0.15, 0.2) is 66.7 Å². The molecule has 1 aromatic heterocycles. The summed E-state index contributed by atoms with van der Waals surface area (Å²) < 4.78 is 1.92. The van der Waals surface area contributed by atoms with E-state index in [4.69, 9.17) is 0 Å². The van der Waals surface area contributed by atoms with Crippen LogP contribution >= 0.6 is 0 Å². The van der Waals surface area contributed by atoms with Gasteiger partial charge >= 0.3 is 0 Å². The molecule has 0 bridgehead atoms. The van der Waals surface area contributed by atoms with Crippen molar-refractivity contribution in [3.8, 4) is 5.69 Å². The van der Waals surface area contributed by atoms with Crippen molar-refractivity contribution in [2.75, 3.05) is 19.6 Å². The Morgan fingerprint density at radius 2 is 1.68 bits per heavy atom. The first-order valence-corrected chi connectivity index (χ1v) is 11.0. The van der Waals surface area contributed by atoms with Crippen LogP contribution in [0.4, 0.5) is 0 Å². The summed E-state index contributed by atoms with van der Waals surface area (Å²) in [5.41, 5.74) is 5.18. The third-order valence-electron chi connectivity index (χ3n) is 5.98. The normalized spacial score (nSPS) is 15.4. The average Bonchev–Trinajstić information content (AvgIpc) is 3.42. The summed E-state index contributed by atoms with van der Waals surface area (Å²) in [6.07, 6.45) is 5.94. The summed E-state index contributed by atoms with van der Waals surface area (Å²) in [6, 6.07) is 20.7. The molecule has 31 heavy (non-hydrogen) atoms. The van der Waals surface area contributed by atoms with Gasteiger partial charge in [0, 0.05) is 23.9 Å². The minimum Gasteiger partial charge on any atom is -0.351 e. The van der Waals surface area contributed by atoms with E-state index in [9.17, 15) is 4.79 Å². The SMILES string of the molecule is Cc1nn(-c2ccccc2)c(C)c1/C=C/C(=O)NCC(c1ccccc1)N1CCCC1. The predicted molar refractivity (Wildman–Crippen MR) is 125 cm³/mol. The van der Waals surface area contributed by atoms with Gasteiger partial charge in [-0.2, -0.15) is 5.10 Å². The van der Waals surface area contributed by atoms with Crippen LogP contribution in [0.3, 0.4) is 0 Å². The monoisotopic (exact) mass is 414 g/mol. The number of aryl methyl sites for hydroxylation is 1. The second-order valence-corrected chi connectivity index (χ2v) is 8.08. The molecule has 3 aromatic rings. The molecule has 5 heteroatoms. The van der Waals surface area contributed by atoms with Crippen molar-refractivity contribution in [2.24, 2.45) is 0 Å². The van der Waals surface area contributed by atoms with Gasteiger partial charge < -0.3 is 5.32 Å². The quantitative estimate of drug-likeness (QED) is 0.581. The van der Waals surface area contributed by atoms with Crippen LogP contribution in [0.25, 0.3) is 11.8 Å². The molecule has 1 saturated heterocycles. The van der Waals surface area contributed by atoms with E-state index in [1.54, 1.807) is 6.08 Å². The van der Waals surface area contributed by atoms with Gasteiger partial charge in [0.05, 0.1) is 17.4 Å². The lowest BCUT2D eigenvalue weighted by atomic mass is 10.1. The average molecular weight is 415 g/mol. The zero-order chi connectivity index (χ0) is 21.6. The van der Waals surface area contributed by atoms with Crippen LogP contribution in [0.1, 0.15) is 41.4 Å². The maximum Gasteiger partial charge on any atom is 0.244 e. The number of carbonyl (C=O) groups is 1. The molecule has 0 saturated carbocycles. The summed E-state index contributed by atoms with van der Waals surface area (Å²) >= 11 is 0. The van der Waals surface area contributed by atoms with Crippen LogP contribution in [0, 0.1) is 13.8 Å². The molecule has 1 fully saturated rings. The lowest BCUT2D eigenvalue weighted by Gasteiger charge is -2.28. The van der Waals surface area contributed by atoms with E-state index >= 15 is 0 Å². The molecule has 4 rings (SSSR count). The Morgan fingerprint density at radius 1 is 1.03 bits per heavy atom. The number of para-hydroxylation sites is 1. The van der Waals surface area contributed by atoms with Gasteiger partial charge in [0.15, 0.2) is 0 Å². The lowest BCUT2D eigenvalue weighted by molar-refractivity contribution is -0.116. The van der Waals surface area contributed by atoms with Crippen molar-refractivity contribution in [3.05, 3.63) is 89.3 Å². The van der Waals surface area contributed by atoms with Gasteiger partial charge in [0.2, 0.25) is 5.91 Å². The highest BCUT2D eigenvalue weighted by molar-refractivity contribution is 5.92. The molecule has 1 amide bonds. The minimum absolute atomic E-state index is 0.0774. The van der Waals surface area contributed by atoms with Crippen molar-refractivity contribution in [1.82, 2.24) is 20.0 Å². The van der Waals surface area contributed by atoms with Gasteiger partial charge in [-0.15, -0.1) is 0 Å². The molecule has 2 heterocycles. The zero-order valence-electron chi connectivity index (χ0n) is 18.3. The maximum atomic E-state index is 12.6. The third-order valence-corrected chi connectivity index (χ3v) is 5.98. The Kier molecular flexibility index (Phi) is 6.63. The number of nitrogens with zero attached hydrogens (tertiary/aromatic N) is 3. The van der Waals surface area contributed by atoms with Crippen molar-refractivity contribution >= 4 is 12.0 Å². The number of rotatable bonds is 7. The van der Waals surface area contributed by atoms with Gasteiger partial charge in [-0.1, -0.05) is 48.5 Å². The van der Waals surface area contributed by atoms with Gasteiger partial charge in [0.25, 0.3) is 0 Å². The first-order valence-electron chi connectivity index (χ1n) is 11.0. The van der Waals surface area contributed by atoms with Gasteiger partial charge in [-0.05, 0) is 63.6 Å². The Balaban J connectivity index is 1.44. The molecule has 0 spiro atoms. The highest BCUT2D eigenvalue weighted by Crippen LogP contribution is 2.24. The molecule has 0 radical (unpaired) electrons. The second kappa shape index (κ2) is 9.75. The van der Waals surface area contributed by atoms with Crippen molar-refractivity contribution in [1.29, 1.82) is 0 Å². The van der Waals surface area contributed by atoms with Gasteiger partial charge in [-0.3, -0.25) is 9.69 Å². The Bertz CT molecular complexity index is 1030. The van der Waals surface area contributed by atoms with Crippen LogP contribution in [0.2, 0.25) is 0 Å². The first-order chi connectivity index (χ1) is 15.1. The molecule has 2 aromatic carbocycles. The summed E-state index contributed by atoms with van der Waals surface area (Å²) in [6.45, 7) is 6.78. The van der Waals surface area contributed by atoms with E-state index < -0.39 is 0 Å². The van der Waals surface area contributed by atoms with E-state index in [0.29, 0.717) is 6.54 Å². The smallest absolute Gasteiger partial charge is 0.244 e. The number of carbonyl (C=O) groups excluding carboxylic acids is 1. The Labute approximate surface area is 184 Å². The van der Waals surface area contributed by atoms with Crippen molar-refractivity contribution in [3.63, 3.8) is 0 Å². The number of hydrogen-bond acceptors (Lipinski definition) is 3. The van der Waals surface area contributed by atoms with Crippen LogP contribution < -0.4 is 5.32 Å². The van der Waals surface area contributed by atoms with E-state index in [1.807, 2.05) is 61.0 Å². The first kappa shape index (κ1) is 21.1. The van der Waals surface area contributed by atoms with Crippen LogP contribution in [-0.4, -0.2) is 40.2 Å². The standard InChI is InChI=1S/C26H30N4O/c1-20-24(21(2)30(28-20)23-13-7-4-8-14-23)15-16-26(31)27-19-25(29-17-9-10-18-29)22-11-5-3-6-12-22/h3-8,11-16,25H,9-10,17-19H2,1-2H3,(H,27,31)/b16-15+. The number of likely N-dealkylation sites (tertiary alicyclic amines) is 1. The highest BCUT2D eigenvalue weighted by Gasteiger charge is 2.23. The number of benzene rings is 2. The molecule has 1 aliphatic heterocycles. The van der Waals surface area contributed by atoms with Crippen LogP contribution in [0.5, 0.6) is 0 Å². The fourth-order valence-corrected chi connectivity index (χ4v) is 4.32. The molecule has 0 aliphatic carbocycles. The summed E-state index contributed by atoms with van der Waals surface area (Å²) in [5, 5.41) is 7.76. The van der Waals surface area contributed by atoms with E-state index in [1.165, 1.54) is 18.4 Å². The van der Waals surface area contributed by atoms with E-state index in [0.717, 1.165) is 35.7 Å². The Hall–Kier alpha value is -3.18. The zero-order valence-corrected chi connectivity index (χ0v) is 18.3. The van der Waals surface area contributed by atoms with Crippen molar-refractivity contribution in [2.45, 2.75) is 32.7 Å². The minimum atomic E-state index is -0.0774. The molecule has 1 atom stereocenters. The van der Waals surface area contributed by atoms with E-state index in [-0.39, 0.29) is 11.9 Å². The molecule has 160 valence electrons. The Morgan fingerprint density at radius 3 is 2.35 bits per heavy atom. The fraction of sp³-hybridized carbons (Fsp3) is 0.308. The third kappa shape index (κ3) is 4.94. The number of amides is 1. The molecule has 1 aliphatic rings. The lowest BCUT2D eigenvalue weighted by Crippen LogP contribution is -2.36. The van der Waals surface area contributed by atoms with Crippen molar-refractivity contribution < 1.29 is 4.79 Å². The summed E-state index contributed by atoms with van der Waals surface area (Å²) in [5.74, 6) is -0.0774. The number of nitrogens with one attached hydrogen (secondary N) is 1. The number of hydrogen-bond donors (Lipinski definition) is 1. The second-order valence-electron chi connectivity index (χ2n) is 8.08. The molecule has 5 nitrogen and oxygen atoms in total. The molecule has 1 unspecified atom stereocenters. The highest BCUT2D eigenvalue weighted by atomic mass is 16.1. The van der Waals surface area contributed by atoms with Gasteiger partial charge in [-0.25, -0.2) is 4.68 Å².